The van der Waals surface area contributed by atoms with Gasteiger partial charge in [-0.05, 0) is 29.6 Å². The zero-order valence-electron chi connectivity index (χ0n) is 7.05. The summed E-state index contributed by atoms with van der Waals surface area (Å²) in [5.74, 6) is 0. The topological polar surface area (TPSA) is 42.9 Å². The van der Waals surface area contributed by atoms with Crippen molar-refractivity contribution in [1.29, 1.82) is 0 Å². The van der Waals surface area contributed by atoms with Crippen molar-refractivity contribution in [2.75, 3.05) is 0 Å². The van der Waals surface area contributed by atoms with Crippen molar-refractivity contribution in [2.24, 2.45) is 0 Å². The molecular weight excluding hydrogens is 211 g/mol. The molecule has 3 nitrogen and oxygen atoms in total. The summed E-state index contributed by atoms with van der Waals surface area (Å²) in [4.78, 5) is 18.5. The maximum Gasteiger partial charge on any atom is 0.255 e. The van der Waals surface area contributed by atoms with E-state index in [0.717, 1.165) is 6.42 Å². The number of rotatable bonds is 3. The van der Waals surface area contributed by atoms with Gasteiger partial charge in [0.25, 0.3) is 5.24 Å². The van der Waals surface area contributed by atoms with Gasteiger partial charge in [0.15, 0.2) is 0 Å². The molecule has 5 heteroatoms. The van der Waals surface area contributed by atoms with Gasteiger partial charge in [-0.1, -0.05) is 13.3 Å². The van der Waals surface area contributed by atoms with Crippen molar-refractivity contribution in [3.63, 3.8) is 0 Å². The largest absolute Gasteiger partial charge is 0.275 e. The van der Waals surface area contributed by atoms with Crippen LogP contribution in [0, 0.1) is 0 Å². The fourth-order valence-electron chi connectivity index (χ4n) is 0.984. The molecule has 0 spiro atoms. The lowest BCUT2D eigenvalue weighted by molar-refractivity contribution is 0.108. The van der Waals surface area contributed by atoms with Crippen LogP contribution in [0.15, 0.2) is 6.20 Å². The van der Waals surface area contributed by atoms with E-state index in [2.05, 4.69) is 9.97 Å². The molecule has 1 aromatic rings. The van der Waals surface area contributed by atoms with Gasteiger partial charge in [0.05, 0.1) is 11.3 Å². The fraction of sp³-hybridized carbons (Fsp3) is 0.375. The minimum Gasteiger partial charge on any atom is -0.275 e. The summed E-state index contributed by atoms with van der Waals surface area (Å²) in [5.41, 5.74) is 0.954. The molecule has 1 heterocycles. The number of nitrogens with zero attached hydrogens (tertiary/aromatic N) is 2. The predicted octanol–water partition coefficient (Wildman–Crippen LogP) is 2.46. The van der Waals surface area contributed by atoms with E-state index >= 15 is 0 Å². The van der Waals surface area contributed by atoms with Gasteiger partial charge in [-0.2, -0.15) is 0 Å². The van der Waals surface area contributed by atoms with Crippen LogP contribution in [-0.4, -0.2) is 15.2 Å². The molecule has 70 valence electrons. The zero-order chi connectivity index (χ0) is 9.84. The van der Waals surface area contributed by atoms with E-state index in [1.807, 2.05) is 6.92 Å². The monoisotopic (exact) mass is 218 g/mol. The van der Waals surface area contributed by atoms with Crippen LogP contribution < -0.4 is 0 Å². The Balaban J connectivity index is 3.10. The molecule has 0 radical (unpaired) electrons. The maximum atomic E-state index is 10.9. The Hall–Kier alpha value is -0.670. The van der Waals surface area contributed by atoms with E-state index in [1.54, 1.807) is 0 Å². The Labute approximate surface area is 86.1 Å². The molecule has 0 saturated heterocycles. The first-order valence-electron chi connectivity index (χ1n) is 3.86. The molecule has 1 aromatic heterocycles. The molecule has 0 unspecified atom stereocenters. The zero-order valence-corrected chi connectivity index (χ0v) is 8.56. The quantitative estimate of drug-likeness (QED) is 0.579. The van der Waals surface area contributed by atoms with Gasteiger partial charge in [-0.15, -0.1) is 0 Å². The van der Waals surface area contributed by atoms with Gasteiger partial charge >= 0.3 is 0 Å². The Morgan fingerprint density at radius 1 is 1.62 bits per heavy atom. The highest BCUT2D eigenvalue weighted by Crippen LogP contribution is 2.12. The minimum atomic E-state index is -0.542. The second kappa shape index (κ2) is 4.53. The molecule has 13 heavy (non-hydrogen) atoms. The smallest absolute Gasteiger partial charge is 0.255 e. The first-order valence-corrected chi connectivity index (χ1v) is 4.62. The molecule has 0 bridgehead atoms. The molecule has 0 aliphatic heterocycles. The van der Waals surface area contributed by atoms with Gasteiger partial charge in [-0.3, -0.25) is 4.79 Å². The minimum absolute atomic E-state index is 0.144. The van der Waals surface area contributed by atoms with E-state index in [4.69, 9.17) is 23.2 Å². The Morgan fingerprint density at radius 2 is 2.31 bits per heavy atom. The maximum absolute atomic E-state index is 10.9. The number of carbonyl (C=O) groups is 1. The van der Waals surface area contributed by atoms with Crippen LogP contribution in [0.5, 0.6) is 0 Å². The summed E-state index contributed by atoms with van der Waals surface area (Å²) in [5, 5.41) is -0.398. The molecule has 0 fully saturated rings. The number of hydrogen-bond acceptors (Lipinski definition) is 3. The SMILES string of the molecule is CCCc1nc(Cl)ncc1C(=O)Cl. The first kappa shape index (κ1) is 10.4. The molecule has 0 saturated carbocycles. The highest BCUT2D eigenvalue weighted by atomic mass is 35.5. The van der Waals surface area contributed by atoms with Crippen molar-refractivity contribution < 1.29 is 4.79 Å². The van der Waals surface area contributed by atoms with Crippen LogP contribution in [0.2, 0.25) is 5.28 Å². The van der Waals surface area contributed by atoms with E-state index in [-0.39, 0.29) is 5.28 Å². The first-order chi connectivity index (χ1) is 6.15. The number of halogens is 2. The molecule has 0 atom stereocenters. The molecule has 0 aliphatic carbocycles. The molecule has 1 rings (SSSR count). The molecule has 0 N–H and O–H groups in total. The second-order valence-electron chi connectivity index (χ2n) is 2.52. The standard InChI is InChI=1S/C8H8Cl2N2O/c1-2-3-6-5(7(9)13)4-11-8(10)12-6/h4H,2-3H2,1H3. The number of aromatic nitrogens is 2. The highest BCUT2D eigenvalue weighted by Gasteiger charge is 2.10. The van der Waals surface area contributed by atoms with Crippen molar-refractivity contribution in [1.82, 2.24) is 9.97 Å². The van der Waals surface area contributed by atoms with Crippen molar-refractivity contribution in [3.8, 4) is 0 Å². The molecular formula is C8H8Cl2N2O. The summed E-state index contributed by atoms with van der Waals surface area (Å²) in [6.07, 6.45) is 2.91. The average Bonchev–Trinajstić information content (AvgIpc) is 2.04. The average molecular weight is 219 g/mol. The van der Waals surface area contributed by atoms with Gasteiger partial charge in [-0.25, -0.2) is 9.97 Å². The van der Waals surface area contributed by atoms with Gasteiger partial charge < -0.3 is 0 Å². The predicted molar refractivity (Wildman–Crippen MR) is 51.2 cm³/mol. The number of aryl methyl sites for hydroxylation is 1. The van der Waals surface area contributed by atoms with Crippen molar-refractivity contribution in [3.05, 3.63) is 22.7 Å². The van der Waals surface area contributed by atoms with Gasteiger partial charge in [0.1, 0.15) is 0 Å². The molecule has 0 aliphatic rings. The Morgan fingerprint density at radius 3 is 2.85 bits per heavy atom. The fourth-order valence-corrected chi connectivity index (χ4v) is 1.29. The summed E-state index contributed by atoms with van der Waals surface area (Å²) in [7, 11) is 0. The van der Waals surface area contributed by atoms with Gasteiger partial charge in [0.2, 0.25) is 5.28 Å². The third-order valence-electron chi connectivity index (χ3n) is 1.54. The van der Waals surface area contributed by atoms with Crippen LogP contribution >= 0.6 is 23.2 Å². The van der Waals surface area contributed by atoms with E-state index in [9.17, 15) is 4.79 Å². The van der Waals surface area contributed by atoms with E-state index < -0.39 is 5.24 Å². The lowest BCUT2D eigenvalue weighted by atomic mass is 10.1. The van der Waals surface area contributed by atoms with E-state index in [0.29, 0.717) is 17.7 Å². The molecule has 0 aromatic carbocycles. The third kappa shape index (κ3) is 2.64. The Bertz CT molecular complexity index is 328. The Kier molecular flexibility index (Phi) is 3.63. The molecule has 0 amide bonds. The lowest BCUT2D eigenvalue weighted by Crippen LogP contribution is -2.02. The van der Waals surface area contributed by atoms with Crippen LogP contribution in [0.3, 0.4) is 0 Å². The summed E-state index contributed by atoms with van der Waals surface area (Å²) < 4.78 is 0. The number of carbonyl (C=O) groups excluding carboxylic acids is 1. The van der Waals surface area contributed by atoms with Crippen LogP contribution in [-0.2, 0) is 6.42 Å². The lowest BCUT2D eigenvalue weighted by Gasteiger charge is -2.02. The van der Waals surface area contributed by atoms with Crippen LogP contribution in [0.25, 0.3) is 0 Å². The normalized spacial score (nSPS) is 10.1. The third-order valence-corrected chi connectivity index (χ3v) is 1.92. The van der Waals surface area contributed by atoms with Crippen LogP contribution in [0.4, 0.5) is 0 Å². The van der Waals surface area contributed by atoms with Gasteiger partial charge in [0, 0.05) is 6.20 Å². The number of hydrogen-bond donors (Lipinski definition) is 0. The van der Waals surface area contributed by atoms with Crippen molar-refractivity contribution >= 4 is 28.4 Å². The summed E-state index contributed by atoms with van der Waals surface area (Å²) in [6, 6.07) is 0. The second-order valence-corrected chi connectivity index (χ2v) is 3.20. The van der Waals surface area contributed by atoms with Crippen molar-refractivity contribution in [2.45, 2.75) is 19.8 Å². The summed E-state index contributed by atoms with van der Waals surface area (Å²) in [6.45, 7) is 1.98. The highest BCUT2D eigenvalue weighted by molar-refractivity contribution is 6.67. The van der Waals surface area contributed by atoms with E-state index in [1.165, 1.54) is 6.20 Å². The van der Waals surface area contributed by atoms with Crippen LogP contribution in [0.1, 0.15) is 29.4 Å². The summed E-state index contributed by atoms with van der Waals surface area (Å²) >= 11 is 10.9.